The van der Waals surface area contributed by atoms with Gasteiger partial charge < -0.3 is 5.32 Å². The maximum atomic E-state index is 13.5. The molecule has 1 amide bonds. The highest BCUT2D eigenvalue weighted by Gasteiger charge is 2.17. The topological polar surface area (TPSA) is 63.5 Å². The van der Waals surface area contributed by atoms with Gasteiger partial charge in [0.05, 0.1) is 5.69 Å². The zero-order chi connectivity index (χ0) is 15.9. The maximum absolute atomic E-state index is 13.5. The molecule has 0 atom stereocenters. The molecule has 1 N–H and O–H groups in total. The smallest absolute Gasteiger partial charge is 0.271 e. The van der Waals surface area contributed by atoms with Crippen molar-refractivity contribution in [3.05, 3.63) is 63.0 Å². The lowest BCUT2D eigenvalue weighted by atomic mass is 10.2. The number of benzene rings is 1. The molecule has 1 aromatic carbocycles. The van der Waals surface area contributed by atoms with Crippen molar-refractivity contribution >= 4 is 27.9 Å². The van der Waals surface area contributed by atoms with Gasteiger partial charge in [0.2, 0.25) is 0 Å². The molecule has 0 aliphatic rings. The summed E-state index contributed by atoms with van der Waals surface area (Å²) in [6.45, 7) is 1.71. The molecule has 22 heavy (non-hydrogen) atoms. The number of rotatable bonds is 2. The van der Waals surface area contributed by atoms with E-state index >= 15 is 0 Å². The highest BCUT2D eigenvalue weighted by Crippen LogP contribution is 2.16. The molecule has 0 spiro atoms. The Hall–Kier alpha value is -2.61. The molecule has 0 saturated carbocycles. The SMILES string of the molecule is Cc1csc2ncc(C(=O)Nc3cc(F)ccc3F)c(=O)n12. The van der Waals surface area contributed by atoms with Gasteiger partial charge in [-0.1, -0.05) is 0 Å². The van der Waals surface area contributed by atoms with Gasteiger partial charge in [-0.2, -0.15) is 0 Å². The number of amides is 1. The van der Waals surface area contributed by atoms with Gasteiger partial charge >= 0.3 is 0 Å². The second-order valence-corrected chi connectivity index (χ2v) is 5.39. The van der Waals surface area contributed by atoms with Gasteiger partial charge in [0.25, 0.3) is 11.5 Å². The van der Waals surface area contributed by atoms with Gasteiger partial charge in [-0.25, -0.2) is 13.8 Å². The summed E-state index contributed by atoms with van der Waals surface area (Å²) < 4.78 is 27.9. The van der Waals surface area contributed by atoms with E-state index in [0.717, 1.165) is 24.4 Å². The number of fused-ring (bicyclic) bond motifs is 1. The van der Waals surface area contributed by atoms with E-state index in [-0.39, 0.29) is 11.3 Å². The van der Waals surface area contributed by atoms with Crippen LogP contribution in [0.15, 0.2) is 34.6 Å². The highest BCUT2D eigenvalue weighted by molar-refractivity contribution is 7.15. The lowest BCUT2D eigenvalue weighted by Crippen LogP contribution is -2.27. The molecule has 8 heteroatoms. The quantitative estimate of drug-likeness (QED) is 0.789. The van der Waals surface area contributed by atoms with Crippen molar-refractivity contribution in [3.8, 4) is 0 Å². The second-order valence-electron chi connectivity index (χ2n) is 4.55. The number of carbonyl (C=O) groups excluding carboxylic acids is 1. The third-order valence-corrected chi connectivity index (χ3v) is 4.00. The molecule has 3 rings (SSSR count). The number of anilines is 1. The minimum Gasteiger partial charge on any atom is -0.319 e. The third-order valence-electron chi connectivity index (χ3n) is 3.04. The van der Waals surface area contributed by atoms with Crippen LogP contribution >= 0.6 is 11.3 Å². The minimum atomic E-state index is -0.845. The number of carbonyl (C=O) groups is 1. The van der Waals surface area contributed by atoms with Crippen molar-refractivity contribution in [3.63, 3.8) is 0 Å². The van der Waals surface area contributed by atoms with E-state index in [4.69, 9.17) is 0 Å². The predicted molar refractivity (Wildman–Crippen MR) is 78.4 cm³/mol. The average Bonchev–Trinajstić information content (AvgIpc) is 2.85. The predicted octanol–water partition coefficient (Wildman–Crippen LogP) is 2.59. The van der Waals surface area contributed by atoms with Gasteiger partial charge in [0.15, 0.2) is 4.96 Å². The first-order chi connectivity index (χ1) is 10.5. The fourth-order valence-electron chi connectivity index (χ4n) is 1.96. The van der Waals surface area contributed by atoms with Gasteiger partial charge in [-0.15, -0.1) is 11.3 Å². The van der Waals surface area contributed by atoms with Crippen LogP contribution in [0, 0.1) is 18.6 Å². The van der Waals surface area contributed by atoms with E-state index in [1.165, 1.54) is 15.7 Å². The van der Waals surface area contributed by atoms with Crippen molar-refractivity contribution in [1.29, 1.82) is 0 Å². The number of hydrogen-bond donors (Lipinski definition) is 1. The molecule has 112 valence electrons. The van der Waals surface area contributed by atoms with E-state index in [1.54, 1.807) is 12.3 Å². The van der Waals surface area contributed by atoms with E-state index in [2.05, 4.69) is 10.3 Å². The summed E-state index contributed by atoms with van der Waals surface area (Å²) >= 11 is 1.27. The normalized spacial score (nSPS) is 10.9. The molecule has 0 aliphatic carbocycles. The van der Waals surface area contributed by atoms with E-state index in [9.17, 15) is 18.4 Å². The van der Waals surface area contributed by atoms with Crippen LogP contribution in [-0.2, 0) is 0 Å². The van der Waals surface area contributed by atoms with Gasteiger partial charge in [0, 0.05) is 23.3 Å². The van der Waals surface area contributed by atoms with Gasteiger partial charge in [-0.05, 0) is 19.1 Å². The molecule has 0 unspecified atom stereocenters. The zero-order valence-corrected chi connectivity index (χ0v) is 12.1. The Morgan fingerprint density at radius 2 is 2.14 bits per heavy atom. The van der Waals surface area contributed by atoms with Crippen molar-refractivity contribution < 1.29 is 13.6 Å². The molecule has 5 nitrogen and oxygen atoms in total. The van der Waals surface area contributed by atoms with Crippen LogP contribution in [0.1, 0.15) is 16.1 Å². The molecule has 0 radical (unpaired) electrons. The van der Waals surface area contributed by atoms with Gasteiger partial charge in [0.1, 0.15) is 17.2 Å². The Labute approximate surface area is 126 Å². The van der Waals surface area contributed by atoms with E-state index in [0.29, 0.717) is 10.7 Å². The molecule has 2 aromatic heterocycles. The summed E-state index contributed by atoms with van der Waals surface area (Å²) in [5.41, 5.74) is -0.499. The Kier molecular flexibility index (Phi) is 3.45. The standard InChI is InChI=1S/C14H9F2N3O2S/c1-7-6-22-14-17-5-9(13(21)19(7)14)12(20)18-11-4-8(15)2-3-10(11)16/h2-6H,1H3,(H,18,20). The van der Waals surface area contributed by atoms with Crippen LogP contribution in [0.3, 0.4) is 0 Å². The summed E-state index contributed by atoms with van der Waals surface area (Å²) in [7, 11) is 0. The highest BCUT2D eigenvalue weighted by atomic mass is 32.1. The fraction of sp³-hybridized carbons (Fsp3) is 0.0714. The van der Waals surface area contributed by atoms with Crippen LogP contribution in [0.2, 0.25) is 0 Å². The molecule has 3 aromatic rings. The second kappa shape index (κ2) is 5.30. The Morgan fingerprint density at radius 1 is 1.36 bits per heavy atom. The molecule has 0 saturated heterocycles. The van der Waals surface area contributed by atoms with Crippen molar-refractivity contribution in [2.24, 2.45) is 0 Å². The molecular weight excluding hydrogens is 312 g/mol. The Morgan fingerprint density at radius 3 is 2.91 bits per heavy atom. The average molecular weight is 321 g/mol. The third kappa shape index (κ3) is 2.37. The van der Waals surface area contributed by atoms with E-state index < -0.39 is 23.1 Å². The largest absolute Gasteiger partial charge is 0.319 e. The molecule has 0 aliphatic heterocycles. The summed E-state index contributed by atoms with van der Waals surface area (Å²) in [5, 5.41) is 3.91. The van der Waals surface area contributed by atoms with Gasteiger partial charge in [-0.3, -0.25) is 14.0 Å². The van der Waals surface area contributed by atoms with Crippen molar-refractivity contribution in [1.82, 2.24) is 9.38 Å². The van der Waals surface area contributed by atoms with Crippen LogP contribution in [0.5, 0.6) is 0 Å². The van der Waals surface area contributed by atoms with Crippen LogP contribution in [0.25, 0.3) is 4.96 Å². The van der Waals surface area contributed by atoms with Crippen molar-refractivity contribution in [2.45, 2.75) is 6.92 Å². The monoisotopic (exact) mass is 321 g/mol. The Bertz CT molecular complexity index is 949. The first-order valence-corrected chi connectivity index (χ1v) is 7.07. The maximum Gasteiger partial charge on any atom is 0.271 e. The van der Waals surface area contributed by atoms with Crippen LogP contribution < -0.4 is 10.9 Å². The number of aryl methyl sites for hydroxylation is 1. The summed E-state index contributed by atoms with van der Waals surface area (Å²) in [6.07, 6.45) is 1.13. The molecule has 2 heterocycles. The lowest BCUT2D eigenvalue weighted by Gasteiger charge is -2.06. The van der Waals surface area contributed by atoms with Crippen LogP contribution in [0.4, 0.5) is 14.5 Å². The van der Waals surface area contributed by atoms with Crippen molar-refractivity contribution in [2.75, 3.05) is 5.32 Å². The first kappa shape index (κ1) is 14.3. The number of nitrogens with one attached hydrogen (secondary N) is 1. The van der Waals surface area contributed by atoms with Crippen LogP contribution in [-0.4, -0.2) is 15.3 Å². The first-order valence-electron chi connectivity index (χ1n) is 6.19. The Balaban J connectivity index is 2.02. The number of thiazole rings is 1. The molecular formula is C14H9F2N3O2S. The number of hydrogen-bond acceptors (Lipinski definition) is 4. The summed E-state index contributed by atoms with van der Waals surface area (Å²) in [5.74, 6) is -2.34. The summed E-state index contributed by atoms with van der Waals surface area (Å²) in [6, 6.07) is 2.66. The molecule has 0 fully saturated rings. The summed E-state index contributed by atoms with van der Waals surface area (Å²) in [4.78, 5) is 28.9. The number of aromatic nitrogens is 2. The lowest BCUT2D eigenvalue weighted by molar-refractivity contribution is 0.102. The fourth-order valence-corrected chi connectivity index (χ4v) is 2.79. The molecule has 0 bridgehead atoms. The number of halogens is 2. The van der Waals surface area contributed by atoms with E-state index in [1.807, 2.05) is 0 Å². The minimum absolute atomic E-state index is 0.248. The number of nitrogens with zero attached hydrogens (tertiary/aromatic N) is 2. The zero-order valence-electron chi connectivity index (χ0n) is 11.3.